The monoisotopic (exact) mass is 814 g/mol. The number of para-hydroxylation sites is 1. The van der Waals surface area contributed by atoms with Crippen molar-refractivity contribution in [2.75, 3.05) is 36.4 Å². The second kappa shape index (κ2) is 19.9. The van der Waals surface area contributed by atoms with Crippen molar-refractivity contribution in [1.82, 2.24) is 20.4 Å². The van der Waals surface area contributed by atoms with Crippen LogP contribution in [-0.4, -0.2) is 88.6 Å². The highest BCUT2D eigenvalue weighted by Gasteiger charge is 2.44. The second-order valence-corrected chi connectivity index (χ2v) is 16.6. The van der Waals surface area contributed by atoms with E-state index in [1.165, 1.54) is 36.6 Å². The van der Waals surface area contributed by atoms with Crippen LogP contribution in [0.4, 0.5) is 11.4 Å². The number of benzene rings is 3. The number of likely N-dealkylation sites (tertiary alicyclic amines) is 1. The maximum Gasteiger partial charge on any atom is 0.262 e. The van der Waals surface area contributed by atoms with Gasteiger partial charge in [0.05, 0.1) is 16.7 Å². The van der Waals surface area contributed by atoms with E-state index in [0.717, 1.165) is 81.6 Å². The minimum absolute atomic E-state index is 0.00166. The smallest absolute Gasteiger partial charge is 0.262 e. The standard InChI is InChI=1S/C48H58N6O6/c1-33-19-22-42(46(58)51-33)54-47(59)39-21-20-35(29-41(39)48(54)60)49-25-12-8-6-4-2-3-5-7-9-18-45(57)50-26-23-34-14-13-15-36(28-34)53-32-37-30-38(53)31-52(37)27-24-44(56)40-16-10-11-17-43(40)55/h10-11,13-17,20-21,24,27-29,37-38,42,49,55H,1-9,12,18-19,22-23,25-26,30-32H2,(H,50,57)(H,51,58)/b27-24+/t37-,38-,42?/m1/s1. The van der Waals surface area contributed by atoms with E-state index in [1.54, 1.807) is 36.4 Å². The highest BCUT2D eigenvalue weighted by Crippen LogP contribution is 2.35. The molecule has 316 valence electrons. The van der Waals surface area contributed by atoms with E-state index in [-0.39, 0.29) is 23.3 Å². The average Bonchev–Trinajstić information content (AvgIpc) is 3.92. The fourth-order valence-electron chi connectivity index (χ4n) is 9.00. The minimum Gasteiger partial charge on any atom is -0.507 e. The summed E-state index contributed by atoms with van der Waals surface area (Å²) in [7, 11) is 0. The predicted octanol–water partition coefficient (Wildman–Crippen LogP) is 7.11. The van der Waals surface area contributed by atoms with E-state index in [1.807, 2.05) is 12.3 Å². The van der Waals surface area contributed by atoms with E-state index < -0.39 is 17.9 Å². The van der Waals surface area contributed by atoms with Gasteiger partial charge in [-0.3, -0.25) is 28.9 Å². The third-order valence-corrected chi connectivity index (χ3v) is 12.3. The summed E-state index contributed by atoms with van der Waals surface area (Å²) < 4.78 is 0. The van der Waals surface area contributed by atoms with Crippen LogP contribution in [0.1, 0.15) is 120 Å². The van der Waals surface area contributed by atoms with Crippen molar-refractivity contribution in [3.05, 3.63) is 114 Å². The van der Waals surface area contributed by atoms with E-state index in [4.69, 9.17) is 0 Å². The highest BCUT2D eigenvalue weighted by atomic mass is 16.3. The van der Waals surface area contributed by atoms with Gasteiger partial charge in [0.15, 0.2) is 5.78 Å². The number of fused-ring (bicyclic) bond motifs is 3. The van der Waals surface area contributed by atoms with Crippen molar-refractivity contribution in [2.45, 2.75) is 108 Å². The number of nitrogens with one attached hydrogen (secondary N) is 3. The first kappa shape index (κ1) is 42.2. The first-order valence-electron chi connectivity index (χ1n) is 21.8. The third kappa shape index (κ3) is 10.3. The quantitative estimate of drug-likeness (QED) is 0.0382. The summed E-state index contributed by atoms with van der Waals surface area (Å²) in [6, 6.07) is 20.4. The molecule has 0 spiro atoms. The van der Waals surface area contributed by atoms with Gasteiger partial charge in [-0.25, -0.2) is 0 Å². The van der Waals surface area contributed by atoms with Gasteiger partial charge in [-0.1, -0.05) is 75.8 Å². The fraction of sp³-hybridized carbons (Fsp3) is 0.438. The maximum absolute atomic E-state index is 13.1. The lowest BCUT2D eigenvalue weighted by Gasteiger charge is -2.35. The molecule has 12 nitrogen and oxygen atoms in total. The second-order valence-electron chi connectivity index (χ2n) is 16.6. The van der Waals surface area contributed by atoms with Gasteiger partial charge in [-0.2, -0.15) is 0 Å². The number of amides is 4. The summed E-state index contributed by atoms with van der Waals surface area (Å²) in [5.74, 6) is -1.27. The van der Waals surface area contributed by atoms with Gasteiger partial charge < -0.3 is 30.9 Å². The number of unbranched alkanes of at least 4 members (excludes halogenated alkanes) is 8. The van der Waals surface area contributed by atoms with E-state index in [0.29, 0.717) is 60.3 Å². The van der Waals surface area contributed by atoms with Crippen molar-refractivity contribution < 1.29 is 29.1 Å². The molecule has 3 saturated heterocycles. The zero-order valence-electron chi connectivity index (χ0n) is 34.5. The highest BCUT2D eigenvalue weighted by molar-refractivity contribution is 6.23. The molecule has 12 heteroatoms. The van der Waals surface area contributed by atoms with Crippen LogP contribution in [0.2, 0.25) is 0 Å². The number of hydrogen-bond donors (Lipinski definition) is 4. The first-order valence-corrected chi connectivity index (χ1v) is 21.8. The van der Waals surface area contributed by atoms with Crippen LogP contribution in [0.15, 0.2) is 91.3 Å². The number of aromatic hydroxyl groups is 1. The van der Waals surface area contributed by atoms with Gasteiger partial charge >= 0.3 is 0 Å². The van der Waals surface area contributed by atoms with Gasteiger partial charge in [0.1, 0.15) is 11.8 Å². The molecule has 0 aliphatic carbocycles. The lowest BCUT2D eigenvalue weighted by Crippen LogP contribution is -2.51. The molecule has 60 heavy (non-hydrogen) atoms. The Balaban J connectivity index is 0.696. The minimum atomic E-state index is -0.806. The van der Waals surface area contributed by atoms with Crippen LogP contribution >= 0.6 is 0 Å². The molecule has 7 rings (SSSR count). The molecule has 4 amide bonds. The van der Waals surface area contributed by atoms with Crippen molar-refractivity contribution in [2.24, 2.45) is 0 Å². The molecule has 1 unspecified atom stereocenters. The molecule has 3 atom stereocenters. The number of ketones is 1. The predicted molar refractivity (Wildman–Crippen MR) is 233 cm³/mol. The Bertz CT molecular complexity index is 2120. The van der Waals surface area contributed by atoms with Crippen molar-refractivity contribution in [3.63, 3.8) is 0 Å². The molecular weight excluding hydrogens is 757 g/mol. The zero-order chi connectivity index (χ0) is 42.0. The summed E-state index contributed by atoms with van der Waals surface area (Å²) in [5.41, 5.74) is 4.82. The average molecular weight is 815 g/mol. The summed E-state index contributed by atoms with van der Waals surface area (Å²) in [6.45, 7) is 6.93. The van der Waals surface area contributed by atoms with Crippen LogP contribution in [-0.2, 0) is 16.0 Å². The van der Waals surface area contributed by atoms with Gasteiger partial charge in [-0.15, -0.1) is 0 Å². The topological polar surface area (TPSA) is 151 Å². The molecule has 3 aromatic carbocycles. The summed E-state index contributed by atoms with van der Waals surface area (Å²) in [6.07, 6.45) is 16.7. The van der Waals surface area contributed by atoms with E-state index in [9.17, 15) is 29.1 Å². The zero-order valence-corrected chi connectivity index (χ0v) is 34.5. The molecule has 3 fully saturated rings. The van der Waals surface area contributed by atoms with Crippen LogP contribution < -0.4 is 20.9 Å². The third-order valence-electron chi connectivity index (χ3n) is 12.3. The Hall–Kier alpha value is -5.91. The number of phenolic OH excluding ortho intramolecular Hbond substituents is 1. The van der Waals surface area contributed by atoms with Crippen LogP contribution in [0.25, 0.3) is 0 Å². The number of anilines is 2. The van der Waals surface area contributed by atoms with Crippen molar-refractivity contribution in [3.8, 4) is 5.75 Å². The Morgan fingerprint density at radius 1 is 0.817 bits per heavy atom. The number of imide groups is 1. The maximum atomic E-state index is 13.1. The number of carbonyl (C=O) groups is 5. The molecule has 4 heterocycles. The molecule has 3 aromatic rings. The van der Waals surface area contributed by atoms with E-state index in [2.05, 4.69) is 56.6 Å². The van der Waals surface area contributed by atoms with Crippen LogP contribution in [0.5, 0.6) is 5.75 Å². The number of piperidine rings is 1. The van der Waals surface area contributed by atoms with Gasteiger partial charge in [0, 0.05) is 74.0 Å². The molecule has 4 aliphatic rings. The number of piperazine rings is 1. The van der Waals surface area contributed by atoms with E-state index >= 15 is 0 Å². The Labute approximate surface area is 353 Å². The Morgan fingerprint density at radius 3 is 2.32 bits per heavy atom. The summed E-state index contributed by atoms with van der Waals surface area (Å²) >= 11 is 0. The molecule has 4 N–H and O–H groups in total. The molecule has 0 aromatic heterocycles. The van der Waals surface area contributed by atoms with Crippen LogP contribution in [0.3, 0.4) is 0 Å². The summed E-state index contributed by atoms with van der Waals surface area (Å²) in [5, 5.41) is 19.1. The number of rotatable bonds is 21. The number of carbonyl (C=O) groups excluding carboxylic acids is 5. The largest absolute Gasteiger partial charge is 0.507 e. The van der Waals surface area contributed by atoms with Gasteiger partial charge in [0.25, 0.3) is 11.8 Å². The van der Waals surface area contributed by atoms with Crippen LogP contribution in [0, 0.1) is 0 Å². The number of phenols is 1. The number of hydrogen-bond acceptors (Lipinski definition) is 9. The first-order chi connectivity index (χ1) is 29.2. The molecular formula is C48H58N6O6. The van der Waals surface area contributed by atoms with Gasteiger partial charge in [-0.05, 0) is 86.6 Å². The molecule has 4 aliphatic heterocycles. The molecule has 0 radical (unpaired) electrons. The normalized spacial score (nSPS) is 19.7. The SMILES string of the molecule is C=C1CCC(N2C(=O)c3ccc(NCCCCCCCCCCCC(=O)NCCc4cccc(N5C[C@H]6C[C@@H]5CN6/C=C/C(=O)c5ccccc5O)c4)cc3C2=O)C(=O)N1. The lowest BCUT2D eigenvalue weighted by atomic mass is 10.0. The summed E-state index contributed by atoms with van der Waals surface area (Å²) in [4.78, 5) is 69.4. The van der Waals surface area contributed by atoms with Crippen molar-refractivity contribution >= 4 is 40.8 Å². The van der Waals surface area contributed by atoms with Gasteiger partial charge in [0.2, 0.25) is 11.8 Å². The Kier molecular flexibility index (Phi) is 14.0. The Morgan fingerprint density at radius 2 is 1.57 bits per heavy atom. The molecule has 2 bridgehead atoms. The number of allylic oxidation sites excluding steroid dienone is 2. The molecule has 0 saturated carbocycles. The lowest BCUT2D eigenvalue weighted by molar-refractivity contribution is -0.125. The number of nitrogens with zero attached hydrogens (tertiary/aromatic N) is 3. The van der Waals surface area contributed by atoms with Crippen molar-refractivity contribution in [1.29, 1.82) is 0 Å². The fourth-order valence-corrected chi connectivity index (χ4v) is 9.00.